The lowest BCUT2D eigenvalue weighted by Gasteiger charge is -2.27. The third-order valence-electron chi connectivity index (χ3n) is 5.32. The van der Waals surface area contributed by atoms with Crippen molar-refractivity contribution in [3.8, 4) is 11.6 Å². The van der Waals surface area contributed by atoms with E-state index in [-0.39, 0.29) is 11.7 Å². The SMILES string of the molecule is C=C1CC(c2noc(-c3cc(C)c[nH]3)n2)CCCN1c1cccc(F)c1C=CC. The van der Waals surface area contributed by atoms with E-state index in [1.165, 1.54) is 6.07 Å². The molecule has 4 rings (SSSR count). The smallest absolute Gasteiger partial charge is 0.274 e. The number of anilines is 1. The maximum absolute atomic E-state index is 14.4. The zero-order valence-corrected chi connectivity index (χ0v) is 16.8. The predicted octanol–water partition coefficient (Wildman–Crippen LogP) is 5.83. The van der Waals surface area contributed by atoms with Crippen LogP contribution >= 0.6 is 0 Å². The highest BCUT2D eigenvalue weighted by atomic mass is 19.1. The summed E-state index contributed by atoms with van der Waals surface area (Å²) >= 11 is 0. The monoisotopic (exact) mass is 392 g/mol. The number of nitrogens with zero attached hydrogens (tertiary/aromatic N) is 3. The Balaban J connectivity index is 1.57. The van der Waals surface area contributed by atoms with Gasteiger partial charge in [0.2, 0.25) is 0 Å². The highest BCUT2D eigenvalue weighted by Crippen LogP contribution is 2.36. The number of rotatable bonds is 4. The van der Waals surface area contributed by atoms with Crippen LogP contribution in [0.4, 0.5) is 10.1 Å². The van der Waals surface area contributed by atoms with E-state index in [0.29, 0.717) is 23.7 Å². The first-order valence-electron chi connectivity index (χ1n) is 9.92. The predicted molar refractivity (Wildman–Crippen MR) is 113 cm³/mol. The lowest BCUT2D eigenvalue weighted by atomic mass is 9.99. The Bertz CT molecular complexity index is 1050. The first-order valence-corrected chi connectivity index (χ1v) is 9.92. The van der Waals surface area contributed by atoms with Crippen molar-refractivity contribution in [2.45, 2.75) is 39.0 Å². The second kappa shape index (κ2) is 8.07. The molecule has 1 unspecified atom stereocenters. The number of hydrogen-bond donors (Lipinski definition) is 1. The summed E-state index contributed by atoms with van der Waals surface area (Å²) in [6.45, 7) is 8.98. The Kier molecular flexibility index (Phi) is 5.34. The molecule has 1 atom stereocenters. The van der Waals surface area contributed by atoms with Crippen LogP contribution in [0.3, 0.4) is 0 Å². The molecule has 29 heavy (non-hydrogen) atoms. The summed E-state index contributed by atoms with van der Waals surface area (Å²) in [5.74, 6) is 1.10. The zero-order chi connectivity index (χ0) is 20.4. The van der Waals surface area contributed by atoms with E-state index in [2.05, 4.69) is 26.6 Å². The lowest BCUT2D eigenvalue weighted by molar-refractivity contribution is 0.411. The number of aromatic amines is 1. The highest BCUT2D eigenvalue weighted by Gasteiger charge is 2.27. The van der Waals surface area contributed by atoms with E-state index < -0.39 is 0 Å². The number of nitrogens with one attached hydrogen (secondary N) is 1. The van der Waals surface area contributed by atoms with E-state index in [1.54, 1.807) is 6.07 Å². The molecule has 1 aromatic carbocycles. The molecular weight excluding hydrogens is 367 g/mol. The van der Waals surface area contributed by atoms with Crippen molar-refractivity contribution < 1.29 is 8.91 Å². The normalized spacial score (nSPS) is 17.8. The molecule has 0 aliphatic carbocycles. The Morgan fingerprint density at radius 3 is 3.00 bits per heavy atom. The average Bonchev–Trinajstić information content (AvgIpc) is 3.31. The summed E-state index contributed by atoms with van der Waals surface area (Å²) in [7, 11) is 0. The van der Waals surface area contributed by atoms with E-state index in [4.69, 9.17) is 4.52 Å². The van der Waals surface area contributed by atoms with Gasteiger partial charge in [-0.25, -0.2) is 4.39 Å². The molecule has 0 amide bonds. The van der Waals surface area contributed by atoms with Gasteiger partial charge in [0.1, 0.15) is 11.5 Å². The fourth-order valence-electron chi connectivity index (χ4n) is 3.89. The molecule has 6 heteroatoms. The number of allylic oxidation sites excluding steroid dienone is 2. The molecule has 1 N–H and O–H groups in total. The lowest BCUT2D eigenvalue weighted by Crippen LogP contribution is -2.22. The molecule has 1 fully saturated rings. The number of aryl methyl sites for hydroxylation is 1. The van der Waals surface area contributed by atoms with Crippen molar-refractivity contribution in [1.82, 2.24) is 15.1 Å². The fraction of sp³-hybridized carbons (Fsp3) is 0.304. The minimum absolute atomic E-state index is 0.125. The minimum atomic E-state index is -0.224. The molecule has 150 valence electrons. The van der Waals surface area contributed by atoms with Crippen LogP contribution in [0, 0.1) is 12.7 Å². The summed E-state index contributed by atoms with van der Waals surface area (Å²) in [6.07, 6.45) is 8.13. The number of halogens is 1. The second-order valence-corrected chi connectivity index (χ2v) is 7.48. The molecule has 1 aliphatic heterocycles. The highest BCUT2D eigenvalue weighted by molar-refractivity contribution is 5.70. The van der Waals surface area contributed by atoms with Gasteiger partial charge in [-0.1, -0.05) is 30.0 Å². The van der Waals surface area contributed by atoms with Crippen LogP contribution in [0.25, 0.3) is 17.7 Å². The van der Waals surface area contributed by atoms with Crippen LogP contribution < -0.4 is 4.90 Å². The van der Waals surface area contributed by atoms with E-state index >= 15 is 0 Å². The Morgan fingerprint density at radius 1 is 1.38 bits per heavy atom. The van der Waals surface area contributed by atoms with E-state index in [0.717, 1.165) is 42.0 Å². The molecule has 5 nitrogen and oxygen atoms in total. The van der Waals surface area contributed by atoms with E-state index in [9.17, 15) is 4.39 Å². The Morgan fingerprint density at radius 2 is 2.24 bits per heavy atom. The molecule has 0 bridgehead atoms. The van der Waals surface area contributed by atoms with Gasteiger partial charge >= 0.3 is 0 Å². The van der Waals surface area contributed by atoms with Gasteiger partial charge in [-0.3, -0.25) is 0 Å². The van der Waals surface area contributed by atoms with Gasteiger partial charge in [-0.05, 0) is 56.9 Å². The minimum Gasteiger partial charge on any atom is -0.357 e. The van der Waals surface area contributed by atoms with Crippen molar-refractivity contribution in [1.29, 1.82) is 0 Å². The summed E-state index contributed by atoms with van der Waals surface area (Å²) in [5.41, 5.74) is 4.32. The van der Waals surface area contributed by atoms with Gasteiger partial charge in [0.05, 0.1) is 5.69 Å². The standard InChI is InChI=1S/C23H25FN4O/c1-4-7-18-19(24)9-5-10-21(18)28-11-6-8-17(13-16(28)3)22-26-23(29-27-22)20-12-15(2)14-25-20/h4-5,7,9-10,12,14,17,25H,3,6,8,11,13H2,1-2H3. The Hall–Kier alpha value is -3.15. The summed E-state index contributed by atoms with van der Waals surface area (Å²) in [4.78, 5) is 9.88. The first kappa shape index (κ1) is 19.2. The number of aromatic nitrogens is 3. The van der Waals surface area contributed by atoms with Crippen LogP contribution in [0.2, 0.25) is 0 Å². The number of H-pyrrole nitrogens is 1. The fourth-order valence-corrected chi connectivity index (χ4v) is 3.89. The number of hydrogen-bond acceptors (Lipinski definition) is 4. The van der Waals surface area contributed by atoms with Crippen molar-refractivity contribution in [2.75, 3.05) is 11.4 Å². The van der Waals surface area contributed by atoms with Crippen LogP contribution in [0.1, 0.15) is 49.1 Å². The van der Waals surface area contributed by atoms with Crippen LogP contribution in [0.15, 0.2) is 53.3 Å². The van der Waals surface area contributed by atoms with Gasteiger partial charge < -0.3 is 14.4 Å². The third-order valence-corrected chi connectivity index (χ3v) is 5.32. The Labute approximate surface area is 169 Å². The maximum atomic E-state index is 14.4. The zero-order valence-electron chi connectivity index (χ0n) is 16.8. The van der Waals surface area contributed by atoms with Gasteiger partial charge in [-0.2, -0.15) is 4.98 Å². The maximum Gasteiger partial charge on any atom is 0.274 e. The third kappa shape index (κ3) is 3.88. The van der Waals surface area contributed by atoms with Gasteiger partial charge in [0.15, 0.2) is 5.82 Å². The molecule has 0 spiro atoms. The molecule has 1 aliphatic rings. The molecule has 2 aromatic heterocycles. The molecule has 3 aromatic rings. The number of benzene rings is 1. The average molecular weight is 392 g/mol. The quantitative estimate of drug-likeness (QED) is 0.607. The summed E-state index contributed by atoms with van der Waals surface area (Å²) in [5, 5.41) is 4.22. The molecule has 3 heterocycles. The largest absolute Gasteiger partial charge is 0.357 e. The molecule has 0 saturated carbocycles. The second-order valence-electron chi connectivity index (χ2n) is 7.48. The van der Waals surface area contributed by atoms with Gasteiger partial charge in [0.25, 0.3) is 5.89 Å². The van der Waals surface area contributed by atoms with E-state index in [1.807, 2.05) is 44.3 Å². The molecule has 0 radical (unpaired) electrons. The van der Waals surface area contributed by atoms with Crippen LogP contribution in [-0.2, 0) is 0 Å². The molecular formula is C23H25FN4O. The van der Waals surface area contributed by atoms with Crippen molar-refractivity contribution in [2.24, 2.45) is 0 Å². The molecule has 1 saturated heterocycles. The van der Waals surface area contributed by atoms with Crippen molar-refractivity contribution in [3.63, 3.8) is 0 Å². The summed E-state index contributed by atoms with van der Waals surface area (Å²) < 4.78 is 19.9. The van der Waals surface area contributed by atoms with Crippen LogP contribution in [0.5, 0.6) is 0 Å². The topological polar surface area (TPSA) is 58.0 Å². The summed E-state index contributed by atoms with van der Waals surface area (Å²) in [6, 6.07) is 7.17. The van der Waals surface area contributed by atoms with Crippen LogP contribution in [-0.4, -0.2) is 21.7 Å². The first-order chi connectivity index (χ1) is 14.1. The van der Waals surface area contributed by atoms with Crippen molar-refractivity contribution >= 4 is 11.8 Å². The van der Waals surface area contributed by atoms with Gasteiger partial charge in [-0.15, -0.1) is 0 Å². The van der Waals surface area contributed by atoms with Crippen molar-refractivity contribution in [3.05, 3.63) is 71.6 Å². The van der Waals surface area contributed by atoms with Gasteiger partial charge in [0, 0.05) is 29.9 Å².